The van der Waals surface area contributed by atoms with Crippen molar-refractivity contribution in [2.24, 2.45) is 0 Å². The second-order valence-corrected chi connectivity index (χ2v) is 9.29. The molecule has 1 unspecified atom stereocenters. The average molecular weight is 405 g/mol. The fourth-order valence-electron chi connectivity index (χ4n) is 5.40. The molecular formula is C28H40N2. The molecule has 1 heterocycles. The van der Waals surface area contributed by atoms with Gasteiger partial charge in [-0.2, -0.15) is 0 Å². The lowest BCUT2D eigenvalue weighted by Crippen LogP contribution is -2.63. The summed E-state index contributed by atoms with van der Waals surface area (Å²) in [6, 6.07) is 7.91. The van der Waals surface area contributed by atoms with Crippen molar-refractivity contribution in [3.05, 3.63) is 83.1 Å². The van der Waals surface area contributed by atoms with Crippen molar-refractivity contribution in [1.29, 1.82) is 0 Å². The summed E-state index contributed by atoms with van der Waals surface area (Å²) >= 11 is 0. The van der Waals surface area contributed by atoms with Gasteiger partial charge in [-0.1, -0.05) is 62.9 Å². The minimum atomic E-state index is 0.0838. The number of hydrogen-bond acceptors (Lipinski definition) is 2. The molecule has 3 atom stereocenters. The number of likely N-dealkylation sites (N-methyl/N-ethyl adjacent to an activating group) is 2. The Morgan fingerprint density at radius 3 is 2.73 bits per heavy atom. The van der Waals surface area contributed by atoms with Crippen molar-refractivity contribution in [3.63, 3.8) is 0 Å². The summed E-state index contributed by atoms with van der Waals surface area (Å²) in [6.45, 7) is 18.3. The summed E-state index contributed by atoms with van der Waals surface area (Å²) in [5.41, 5.74) is 6.85. The molecule has 3 rings (SSSR count). The third-order valence-electron chi connectivity index (χ3n) is 7.43. The predicted molar refractivity (Wildman–Crippen MR) is 131 cm³/mol. The van der Waals surface area contributed by atoms with Gasteiger partial charge in [-0.3, -0.25) is 0 Å². The molecule has 1 aromatic carbocycles. The molecule has 30 heavy (non-hydrogen) atoms. The molecule has 1 aromatic rings. The average Bonchev–Trinajstić information content (AvgIpc) is 3.26. The van der Waals surface area contributed by atoms with Crippen molar-refractivity contribution in [3.8, 4) is 0 Å². The van der Waals surface area contributed by atoms with E-state index in [1.54, 1.807) is 0 Å². The maximum atomic E-state index is 4.51. The summed E-state index contributed by atoms with van der Waals surface area (Å²) < 4.78 is 0. The van der Waals surface area contributed by atoms with E-state index >= 15 is 0 Å². The highest BCUT2D eigenvalue weighted by Crippen LogP contribution is 2.43. The van der Waals surface area contributed by atoms with Crippen molar-refractivity contribution in [1.82, 2.24) is 9.80 Å². The van der Waals surface area contributed by atoms with Crippen molar-refractivity contribution in [2.75, 3.05) is 20.1 Å². The van der Waals surface area contributed by atoms with Crippen molar-refractivity contribution in [2.45, 2.75) is 71.4 Å². The van der Waals surface area contributed by atoms with E-state index < -0.39 is 0 Å². The Kier molecular flexibility index (Phi) is 7.08. The largest absolute Gasteiger partial charge is 0.367 e. The Balaban J connectivity index is 2.01. The van der Waals surface area contributed by atoms with Crippen LogP contribution in [0, 0.1) is 6.92 Å². The van der Waals surface area contributed by atoms with Gasteiger partial charge in [0.25, 0.3) is 0 Å². The van der Waals surface area contributed by atoms with Gasteiger partial charge in [-0.05, 0) is 82.0 Å². The van der Waals surface area contributed by atoms with Crippen LogP contribution in [0.2, 0.25) is 0 Å². The number of benzene rings is 1. The first-order valence-corrected chi connectivity index (χ1v) is 11.6. The third-order valence-corrected chi connectivity index (χ3v) is 7.43. The lowest BCUT2D eigenvalue weighted by Gasteiger charge is -2.55. The number of aryl methyl sites for hydroxylation is 2. The van der Waals surface area contributed by atoms with Crippen molar-refractivity contribution >= 4 is 0 Å². The molecule has 0 aromatic heterocycles. The summed E-state index contributed by atoms with van der Waals surface area (Å²) in [5, 5.41) is 0. The lowest BCUT2D eigenvalue weighted by atomic mass is 9.66. The number of nitrogens with zero attached hydrogens (tertiary/aromatic N) is 2. The van der Waals surface area contributed by atoms with Gasteiger partial charge in [-0.15, -0.1) is 0 Å². The third kappa shape index (κ3) is 4.34. The van der Waals surface area contributed by atoms with Crippen LogP contribution in [0.4, 0.5) is 0 Å². The second-order valence-electron chi connectivity index (χ2n) is 9.29. The van der Waals surface area contributed by atoms with E-state index in [1.807, 2.05) is 0 Å². The molecule has 2 nitrogen and oxygen atoms in total. The number of allylic oxidation sites excluding steroid dienone is 6. The highest BCUT2D eigenvalue weighted by atomic mass is 15.3. The fraction of sp³-hybridized carbons (Fsp3) is 0.500. The molecule has 0 bridgehead atoms. The Morgan fingerprint density at radius 1 is 1.33 bits per heavy atom. The molecule has 0 N–H and O–H groups in total. The van der Waals surface area contributed by atoms with Crippen LogP contribution in [0.5, 0.6) is 0 Å². The van der Waals surface area contributed by atoms with E-state index in [9.17, 15) is 0 Å². The molecule has 1 aliphatic heterocycles. The first-order valence-electron chi connectivity index (χ1n) is 11.6. The number of hydrogen-bond donors (Lipinski definition) is 0. The van der Waals surface area contributed by atoms with Crippen LogP contribution in [0.3, 0.4) is 0 Å². The number of piperidine rings is 1. The van der Waals surface area contributed by atoms with Gasteiger partial charge in [0.05, 0.1) is 6.04 Å². The monoisotopic (exact) mass is 404 g/mol. The second kappa shape index (κ2) is 9.39. The molecule has 0 radical (unpaired) electrons. The molecule has 0 spiro atoms. The zero-order chi connectivity index (χ0) is 21.9. The molecule has 2 heteroatoms. The Bertz CT molecular complexity index is 859. The van der Waals surface area contributed by atoms with Gasteiger partial charge in [0.1, 0.15) is 0 Å². The summed E-state index contributed by atoms with van der Waals surface area (Å²) in [4.78, 5) is 5.07. The fourth-order valence-corrected chi connectivity index (χ4v) is 5.40. The SMILES string of the molecule is C=C(/C=C/C1=CCC=C1)N(CC)[C@H]1C(C)N(C)CC[C@]1(C)c1cc(CC)ccc1C. The van der Waals surface area contributed by atoms with E-state index in [-0.39, 0.29) is 5.41 Å². The van der Waals surface area contributed by atoms with Gasteiger partial charge in [0.2, 0.25) is 0 Å². The minimum absolute atomic E-state index is 0.0838. The van der Waals surface area contributed by atoms with Crippen LogP contribution in [-0.4, -0.2) is 42.0 Å². The predicted octanol–water partition coefficient (Wildman–Crippen LogP) is 6.19. The normalized spacial score (nSPS) is 26.9. The number of rotatable bonds is 7. The van der Waals surface area contributed by atoms with E-state index in [2.05, 4.69) is 107 Å². The summed E-state index contributed by atoms with van der Waals surface area (Å²) in [7, 11) is 2.27. The van der Waals surface area contributed by atoms with Crippen LogP contribution in [0.1, 0.15) is 57.2 Å². The highest BCUT2D eigenvalue weighted by Gasteiger charge is 2.47. The standard InChI is InChI=1S/C28H40N2/c1-8-24-16-14-21(3)26(20-24)28(6)18-19-29(7)23(5)27(28)30(9-2)22(4)15-17-25-12-10-11-13-25/h10,12-17,20,23,27H,4,8-9,11,18-19H2,1-3,5-7H3/b17-15+/t23?,27-,28+/m0/s1. The lowest BCUT2D eigenvalue weighted by molar-refractivity contribution is 0.0287. The molecule has 162 valence electrons. The molecule has 0 saturated carbocycles. The molecule has 1 fully saturated rings. The first kappa shape index (κ1) is 22.6. The van der Waals surface area contributed by atoms with Crippen LogP contribution in [0.15, 0.2) is 66.4 Å². The summed E-state index contributed by atoms with van der Waals surface area (Å²) in [6.07, 6.45) is 14.4. The topological polar surface area (TPSA) is 6.48 Å². The molecule has 2 aliphatic rings. The summed E-state index contributed by atoms with van der Waals surface area (Å²) in [5.74, 6) is 0. The van der Waals surface area contributed by atoms with Crippen molar-refractivity contribution < 1.29 is 0 Å². The van der Waals surface area contributed by atoms with Crippen LogP contribution in [-0.2, 0) is 11.8 Å². The van der Waals surface area contributed by atoms with E-state index in [0.29, 0.717) is 12.1 Å². The zero-order valence-electron chi connectivity index (χ0n) is 19.9. The molecule has 0 amide bonds. The minimum Gasteiger partial charge on any atom is -0.367 e. The zero-order valence-corrected chi connectivity index (χ0v) is 19.9. The Labute approximate surface area is 184 Å². The molecular weight excluding hydrogens is 364 g/mol. The van der Waals surface area contributed by atoms with E-state index in [0.717, 1.165) is 38.0 Å². The van der Waals surface area contributed by atoms with Gasteiger partial charge < -0.3 is 9.80 Å². The molecule has 1 saturated heterocycles. The Hall–Kier alpha value is -2.06. The smallest absolute Gasteiger partial charge is 0.0536 e. The van der Waals surface area contributed by atoms with Crippen LogP contribution in [0.25, 0.3) is 0 Å². The number of likely N-dealkylation sites (tertiary alicyclic amines) is 1. The first-order chi connectivity index (χ1) is 14.3. The highest BCUT2D eigenvalue weighted by molar-refractivity contribution is 5.41. The van der Waals surface area contributed by atoms with Gasteiger partial charge in [0, 0.05) is 23.7 Å². The van der Waals surface area contributed by atoms with E-state index in [1.165, 1.54) is 22.3 Å². The van der Waals surface area contributed by atoms with Gasteiger partial charge in [0.15, 0.2) is 0 Å². The maximum absolute atomic E-state index is 4.51. The quantitative estimate of drug-likeness (QED) is 0.500. The van der Waals surface area contributed by atoms with Gasteiger partial charge >= 0.3 is 0 Å². The maximum Gasteiger partial charge on any atom is 0.0536 e. The van der Waals surface area contributed by atoms with Crippen LogP contribution < -0.4 is 0 Å². The molecule has 1 aliphatic carbocycles. The Morgan fingerprint density at radius 2 is 2.10 bits per heavy atom. The van der Waals surface area contributed by atoms with Gasteiger partial charge in [-0.25, -0.2) is 0 Å². The van der Waals surface area contributed by atoms with E-state index in [4.69, 9.17) is 0 Å². The van der Waals surface area contributed by atoms with Crippen LogP contribution >= 0.6 is 0 Å².